The fraction of sp³-hybridized carbons (Fsp3) is 0.231. The van der Waals surface area contributed by atoms with E-state index in [1.54, 1.807) is 24.3 Å². The van der Waals surface area contributed by atoms with Crippen LogP contribution in [0.4, 0.5) is 0 Å². The van der Waals surface area contributed by atoms with Crippen LogP contribution in [0.3, 0.4) is 0 Å². The molecule has 0 aromatic heterocycles. The summed E-state index contributed by atoms with van der Waals surface area (Å²) in [5.74, 6) is -0.384. The molecule has 0 heterocycles. The average molecular weight is 482 g/mol. The molecule has 1 unspecified atom stereocenters. The van der Waals surface area contributed by atoms with E-state index in [2.05, 4.69) is 5.32 Å². The highest BCUT2D eigenvalue weighted by Crippen LogP contribution is 2.21. The molecule has 0 aliphatic heterocycles. The molecule has 8 heteroatoms. The summed E-state index contributed by atoms with van der Waals surface area (Å²) in [7, 11) is -3.53. The second-order valence-corrected chi connectivity index (χ2v) is 10.0. The van der Waals surface area contributed by atoms with Crippen molar-refractivity contribution < 1.29 is 27.5 Å². The number of nitrogens with one attached hydrogen (secondary N) is 1. The third-order valence-corrected chi connectivity index (χ3v) is 5.58. The smallest absolute Gasteiger partial charge is 0.235 e. The summed E-state index contributed by atoms with van der Waals surface area (Å²) in [4.78, 5) is 25.1. The quantitative estimate of drug-likeness (QED) is 0.426. The van der Waals surface area contributed by atoms with E-state index in [1.165, 1.54) is 0 Å². The molecule has 1 N–H and O–H groups in total. The molecular formula is C26H27NO6S. The minimum Gasteiger partial charge on any atom is -0.457 e. The molecular weight excluding hydrogens is 454 g/mol. The van der Waals surface area contributed by atoms with Crippen molar-refractivity contribution in [2.45, 2.75) is 19.1 Å². The fourth-order valence-electron chi connectivity index (χ4n) is 3.18. The maximum atomic E-state index is 13.0. The van der Waals surface area contributed by atoms with Crippen LogP contribution >= 0.6 is 0 Å². The third kappa shape index (κ3) is 8.80. The molecule has 0 bridgehead atoms. The van der Waals surface area contributed by atoms with Crippen LogP contribution in [0.25, 0.3) is 0 Å². The molecule has 178 valence electrons. The lowest BCUT2D eigenvalue weighted by Gasteiger charge is -2.18. The van der Waals surface area contributed by atoms with Crippen molar-refractivity contribution >= 4 is 21.5 Å². The second kappa shape index (κ2) is 12.1. The van der Waals surface area contributed by atoms with Gasteiger partial charge in [0.15, 0.2) is 15.6 Å². The first kappa shape index (κ1) is 25.1. The van der Waals surface area contributed by atoms with Gasteiger partial charge in [-0.05, 0) is 35.4 Å². The van der Waals surface area contributed by atoms with Crippen molar-refractivity contribution in [3.63, 3.8) is 0 Å². The maximum Gasteiger partial charge on any atom is 0.235 e. The maximum absolute atomic E-state index is 13.0. The number of ether oxygens (including phenoxy) is 2. The Kier molecular flexibility index (Phi) is 8.95. The number of amides is 1. The number of sulfone groups is 1. The van der Waals surface area contributed by atoms with Crippen molar-refractivity contribution in [2.24, 2.45) is 0 Å². The van der Waals surface area contributed by atoms with Gasteiger partial charge in [0.2, 0.25) is 5.91 Å². The zero-order chi connectivity index (χ0) is 24.4. The Morgan fingerprint density at radius 1 is 0.824 bits per heavy atom. The number of carbonyl (C=O) groups excluding carboxylic acids is 2. The second-order valence-electron chi connectivity index (χ2n) is 7.89. The Morgan fingerprint density at radius 3 is 2.03 bits per heavy atom. The van der Waals surface area contributed by atoms with Gasteiger partial charge in [-0.15, -0.1) is 0 Å². The zero-order valence-corrected chi connectivity index (χ0v) is 19.7. The van der Waals surface area contributed by atoms with Crippen molar-refractivity contribution in [2.75, 3.05) is 18.6 Å². The first-order valence-corrected chi connectivity index (χ1v) is 12.8. The topological polar surface area (TPSA) is 98.8 Å². The molecule has 3 aromatic carbocycles. The van der Waals surface area contributed by atoms with Crippen LogP contribution in [0.15, 0.2) is 84.9 Å². The van der Waals surface area contributed by atoms with Gasteiger partial charge in [0, 0.05) is 12.7 Å². The normalized spacial score (nSPS) is 12.0. The molecule has 0 aliphatic carbocycles. The number of para-hydroxylation sites is 1. The van der Waals surface area contributed by atoms with Gasteiger partial charge in [-0.25, -0.2) is 8.42 Å². The number of hydrogen-bond donors (Lipinski definition) is 1. The van der Waals surface area contributed by atoms with Gasteiger partial charge in [0.25, 0.3) is 0 Å². The number of Topliss-reactive ketones (excluding diaryl/α,β-unsaturated/α-hetero) is 1. The molecule has 0 aliphatic rings. The summed E-state index contributed by atoms with van der Waals surface area (Å²) in [5, 5.41) is 2.51. The van der Waals surface area contributed by atoms with E-state index in [0.29, 0.717) is 11.5 Å². The number of rotatable bonds is 12. The van der Waals surface area contributed by atoms with Crippen LogP contribution in [0.2, 0.25) is 0 Å². The standard InChI is InChI=1S/C26H27NO6S/c1-34(30,31)19-26(29)27-24(18-32-17-21-8-4-2-5-9-21)25(28)16-20-12-14-23(15-13-20)33-22-10-6-3-7-11-22/h2-15,24H,16-19H2,1H3,(H,27,29). The number of ketones is 1. The largest absolute Gasteiger partial charge is 0.457 e. The highest BCUT2D eigenvalue weighted by Gasteiger charge is 2.23. The SMILES string of the molecule is CS(=O)(=O)CC(=O)NC(COCc1ccccc1)C(=O)Cc1ccc(Oc2ccccc2)cc1. The van der Waals surface area contributed by atoms with E-state index in [-0.39, 0.29) is 25.4 Å². The number of carbonyl (C=O) groups is 2. The van der Waals surface area contributed by atoms with Crippen molar-refractivity contribution in [1.82, 2.24) is 5.32 Å². The van der Waals surface area contributed by atoms with Gasteiger partial charge in [-0.3, -0.25) is 9.59 Å². The van der Waals surface area contributed by atoms with E-state index in [9.17, 15) is 18.0 Å². The van der Waals surface area contributed by atoms with Crippen LogP contribution < -0.4 is 10.1 Å². The van der Waals surface area contributed by atoms with E-state index in [1.807, 2.05) is 60.7 Å². The van der Waals surface area contributed by atoms with E-state index < -0.39 is 27.5 Å². The molecule has 1 atom stereocenters. The van der Waals surface area contributed by atoms with Crippen LogP contribution in [0, 0.1) is 0 Å². The van der Waals surface area contributed by atoms with Crippen LogP contribution in [0.1, 0.15) is 11.1 Å². The first-order chi connectivity index (χ1) is 16.3. The summed E-state index contributed by atoms with van der Waals surface area (Å²) in [5.41, 5.74) is 1.65. The molecule has 3 aromatic rings. The highest BCUT2D eigenvalue weighted by atomic mass is 32.2. The predicted molar refractivity (Wildman–Crippen MR) is 129 cm³/mol. The summed E-state index contributed by atoms with van der Waals surface area (Å²) in [6.07, 6.45) is 1.01. The van der Waals surface area contributed by atoms with Gasteiger partial charge >= 0.3 is 0 Å². The van der Waals surface area contributed by atoms with Gasteiger partial charge in [0.1, 0.15) is 23.3 Å². The van der Waals surface area contributed by atoms with Crippen LogP contribution in [-0.2, 0) is 37.2 Å². The van der Waals surface area contributed by atoms with Crippen molar-refractivity contribution in [1.29, 1.82) is 0 Å². The summed E-state index contributed by atoms with van der Waals surface area (Å²) >= 11 is 0. The minimum absolute atomic E-state index is 0.0458. The molecule has 0 saturated heterocycles. The van der Waals surface area contributed by atoms with Crippen molar-refractivity contribution in [3.05, 3.63) is 96.1 Å². The molecule has 0 spiro atoms. The first-order valence-electron chi connectivity index (χ1n) is 10.7. The summed E-state index contributed by atoms with van der Waals surface area (Å²) in [6.45, 7) is 0.191. The van der Waals surface area contributed by atoms with Crippen LogP contribution in [0.5, 0.6) is 11.5 Å². The summed E-state index contributed by atoms with van der Waals surface area (Å²) in [6, 6.07) is 24.8. The van der Waals surface area contributed by atoms with Gasteiger partial charge in [-0.1, -0.05) is 60.7 Å². The fourth-order valence-corrected chi connectivity index (χ4v) is 3.74. The highest BCUT2D eigenvalue weighted by molar-refractivity contribution is 7.91. The molecule has 34 heavy (non-hydrogen) atoms. The Bertz CT molecular complexity index is 1180. The molecule has 7 nitrogen and oxygen atoms in total. The van der Waals surface area contributed by atoms with E-state index >= 15 is 0 Å². The Labute approximate surface area is 199 Å². The van der Waals surface area contributed by atoms with Gasteiger partial charge in [-0.2, -0.15) is 0 Å². The van der Waals surface area contributed by atoms with Gasteiger partial charge in [0.05, 0.1) is 13.2 Å². The van der Waals surface area contributed by atoms with E-state index in [0.717, 1.165) is 17.4 Å². The Hall–Kier alpha value is -3.49. The zero-order valence-electron chi connectivity index (χ0n) is 18.8. The lowest BCUT2D eigenvalue weighted by Crippen LogP contribution is -2.46. The molecule has 3 rings (SSSR count). The van der Waals surface area contributed by atoms with E-state index in [4.69, 9.17) is 9.47 Å². The lowest BCUT2D eigenvalue weighted by atomic mass is 10.0. The predicted octanol–water partition coefficient (Wildman–Crippen LogP) is 3.34. The third-order valence-electron chi connectivity index (χ3n) is 4.79. The van der Waals surface area contributed by atoms with Crippen LogP contribution in [-0.4, -0.2) is 44.8 Å². The average Bonchev–Trinajstić information content (AvgIpc) is 2.80. The molecule has 0 fully saturated rings. The lowest BCUT2D eigenvalue weighted by molar-refractivity contribution is -0.127. The monoisotopic (exact) mass is 481 g/mol. The Morgan fingerprint density at radius 2 is 1.41 bits per heavy atom. The minimum atomic E-state index is -3.53. The summed E-state index contributed by atoms with van der Waals surface area (Å²) < 4.78 is 34.3. The van der Waals surface area contributed by atoms with Crippen molar-refractivity contribution in [3.8, 4) is 11.5 Å². The molecule has 0 radical (unpaired) electrons. The number of benzene rings is 3. The van der Waals surface area contributed by atoms with Gasteiger partial charge < -0.3 is 14.8 Å². The Balaban J connectivity index is 1.62. The molecule has 0 saturated carbocycles. The number of hydrogen-bond acceptors (Lipinski definition) is 6. The molecule has 1 amide bonds.